The van der Waals surface area contributed by atoms with Crippen molar-refractivity contribution in [2.75, 3.05) is 0 Å². The highest BCUT2D eigenvalue weighted by Gasteiger charge is 2.34. The van der Waals surface area contributed by atoms with Crippen molar-refractivity contribution in [1.82, 2.24) is 0 Å². The zero-order valence-corrected chi connectivity index (χ0v) is 17.3. The number of benzene rings is 2. The number of nitriles is 1. The smallest absolute Gasteiger partial charge is 0.0991 e. The molecule has 0 bridgehead atoms. The zero-order valence-electron chi connectivity index (χ0n) is 17.3. The zero-order chi connectivity index (χ0) is 19.3. The quantitative estimate of drug-likeness (QED) is 0.478. The Hall–Kier alpha value is -2.07. The van der Waals surface area contributed by atoms with Gasteiger partial charge in [0.2, 0.25) is 0 Å². The van der Waals surface area contributed by atoms with E-state index in [0.29, 0.717) is 0 Å². The summed E-state index contributed by atoms with van der Waals surface area (Å²) in [6.45, 7) is 2.30. The fraction of sp³-hybridized carbons (Fsp3) is 0.519. The Kier molecular flexibility index (Phi) is 6.16. The number of nitrogens with zero attached hydrogens (tertiary/aromatic N) is 1. The first-order chi connectivity index (χ1) is 13.8. The summed E-state index contributed by atoms with van der Waals surface area (Å²) in [6, 6.07) is 17.4. The summed E-state index contributed by atoms with van der Waals surface area (Å²) < 4.78 is 0. The Bertz CT molecular complexity index is 826. The number of fused-ring (bicyclic) bond motifs is 3. The van der Waals surface area contributed by atoms with E-state index in [1.165, 1.54) is 75.3 Å². The van der Waals surface area contributed by atoms with Gasteiger partial charge in [0.15, 0.2) is 0 Å². The van der Waals surface area contributed by atoms with Crippen molar-refractivity contribution in [1.29, 1.82) is 5.26 Å². The van der Waals surface area contributed by atoms with E-state index in [2.05, 4.69) is 43.3 Å². The molecule has 0 radical (unpaired) electrons. The van der Waals surface area contributed by atoms with Gasteiger partial charge in [0.05, 0.1) is 11.6 Å². The van der Waals surface area contributed by atoms with E-state index in [0.717, 1.165) is 23.3 Å². The number of unbranched alkanes of at least 4 members (excludes halogenated alkanes) is 3. The Labute approximate surface area is 170 Å². The van der Waals surface area contributed by atoms with E-state index < -0.39 is 0 Å². The predicted molar refractivity (Wildman–Crippen MR) is 117 cm³/mol. The summed E-state index contributed by atoms with van der Waals surface area (Å²) in [6.07, 6.45) is 14.0. The van der Waals surface area contributed by atoms with Crippen LogP contribution in [0.15, 0.2) is 42.5 Å². The molecule has 0 saturated heterocycles. The molecule has 1 fully saturated rings. The minimum atomic E-state index is 0.732. The molecule has 0 amide bonds. The molecule has 0 N–H and O–H groups in total. The van der Waals surface area contributed by atoms with Crippen LogP contribution in [0.4, 0.5) is 0 Å². The molecule has 3 unspecified atom stereocenters. The molecule has 0 aromatic heterocycles. The molecule has 2 aromatic rings. The fourth-order valence-electron chi connectivity index (χ4n) is 5.65. The lowest BCUT2D eigenvalue weighted by atomic mass is 9.64. The van der Waals surface area contributed by atoms with Crippen LogP contribution in [0.5, 0.6) is 0 Å². The third kappa shape index (κ3) is 4.17. The van der Waals surface area contributed by atoms with Crippen molar-refractivity contribution in [3.8, 4) is 17.2 Å². The minimum absolute atomic E-state index is 0.732. The lowest BCUT2D eigenvalue weighted by molar-refractivity contribution is 0.199. The van der Waals surface area contributed by atoms with Crippen LogP contribution in [0.1, 0.15) is 87.3 Å². The van der Waals surface area contributed by atoms with Gasteiger partial charge in [-0.2, -0.15) is 5.26 Å². The van der Waals surface area contributed by atoms with Gasteiger partial charge in [0.1, 0.15) is 0 Å². The molecule has 2 aromatic carbocycles. The van der Waals surface area contributed by atoms with Crippen molar-refractivity contribution in [3.05, 3.63) is 59.2 Å². The summed E-state index contributed by atoms with van der Waals surface area (Å²) in [7, 11) is 0. The molecule has 28 heavy (non-hydrogen) atoms. The predicted octanol–water partition coefficient (Wildman–Crippen LogP) is 7.64. The minimum Gasteiger partial charge on any atom is -0.192 e. The highest BCUT2D eigenvalue weighted by atomic mass is 14.4. The van der Waals surface area contributed by atoms with Crippen LogP contribution >= 0.6 is 0 Å². The van der Waals surface area contributed by atoms with E-state index >= 15 is 0 Å². The fourth-order valence-corrected chi connectivity index (χ4v) is 5.65. The van der Waals surface area contributed by atoms with Gasteiger partial charge < -0.3 is 0 Å². The normalized spacial score (nSPS) is 23.5. The van der Waals surface area contributed by atoms with Crippen LogP contribution in [0.2, 0.25) is 0 Å². The van der Waals surface area contributed by atoms with Crippen LogP contribution < -0.4 is 0 Å². The lowest BCUT2D eigenvalue weighted by Gasteiger charge is -2.41. The van der Waals surface area contributed by atoms with Gasteiger partial charge in [0.25, 0.3) is 0 Å². The summed E-state index contributed by atoms with van der Waals surface area (Å²) >= 11 is 0. The monoisotopic (exact) mass is 371 g/mol. The van der Waals surface area contributed by atoms with Crippen LogP contribution in [0.3, 0.4) is 0 Å². The summed E-state index contributed by atoms with van der Waals surface area (Å²) in [4.78, 5) is 0. The van der Waals surface area contributed by atoms with Crippen LogP contribution in [0, 0.1) is 23.2 Å². The molecule has 4 rings (SSSR count). The summed E-state index contributed by atoms with van der Waals surface area (Å²) in [5.41, 5.74) is 6.46. The standard InChI is InChI=1S/C27H33N/c1-2-3-4-5-6-20-9-15-26-24(17-20)12-13-25-18-23(14-16-27(25)26)22-10-7-21(19-28)8-11-22/h7-8,10-11,14,16,18,20,24,26H,2-6,9,12-13,15,17H2,1H3. The molecular formula is C27H33N. The molecule has 0 aliphatic heterocycles. The van der Waals surface area contributed by atoms with Crippen molar-refractivity contribution < 1.29 is 0 Å². The Balaban J connectivity index is 1.43. The topological polar surface area (TPSA) is 23.8 Å². The second-order valence-corrected chi connectivity index (χ2v) is 9.04. The highest BCUT2D eigenvalue weighted by molar-refractivity contribution is 5.66. The Morgan fingerprint density at radius 2 is 1.75 bits per heavy atom. The highest BCUT2D eigenvalue weighted by Crippen LogP contribution is 2.48. The van der Waals surface area contributed by atoms with E-state index in [-0.39, 0.29) is 0 Å². The maximum absolute atomic E-state index is 9.01. The first-order valence-corrected chi connectivity index (χ1v) is 11.4. The van der Waals surface area contributed by atoms with E-state index in [1.54, 1.807) is 11.1 Å². The number of aryl methyl sites for hydroxylation is 1. The molecule has 3 atom stereocenters. The van der Waals surface area contributed by atoms with Gasteiger partial charge >= 0.3 is 0 Å². The van der Waals surface area contributed by atoms with Gasteiger partial charge in [-0.3, -0.25) is 0 Å². The van der Waals surface area contributed by atoms with Gasteiger partial charge in [-0.15, -0.1) is 0 Å². The van der Waals surface area contributed by atoms with Gasteiger partial charge in [-0.25, -0.2) is 0 Å². The van der Waals surface area contributed by atoms with Crippen molar-refractivity contribution in [3.63, 3.8) is 0 Å². The van der Waals surface area contributed by atoms with Gasteiger partial charge in [0, 0.05) is 0 Å². The molecule has 1 nitrogen and oxygen atoms in total. The molecule has 0 heterocycles. The summed E-state index contributed by atoms with van der Waals surface area (Å²) in [5, 5.41) is 9.01. The van der Waals surface area contributed by atoms with Crippen molar-refractivity contribution >= 4 is 0 Å². The number of hydrogen-bond acceptors (Lipinski definition) is 1. The van der Waals surface area contributed by atoms with E-state index in [4.69, 9.17) is 5.26 Å². The Morgan fingerprint density at radius 1 is 0.929 bits per heavy atom. The second kappa shape index (κ2) is 8.95. The van der Waals surface area contributed by atoms with Crippen LogP contribution in [0.25, 0.3) is 11.1 Å². The molecule has 0 spiro atoms. The SMILES string of the molecule is CCCCCCC1CCC2c3ccc(-c4ccc(C#N)cc4)cc3CCC2C1. The molecular weight excluding hydrogens is 338 g/mol. The first kappa shape index (κ1) is 19.3. The summed E-state index contributed by atoms with van der Waals surface area (Å²) in [5.74, 6) is 2.70. The Morgan fingerprint density at radius 3 is 2.54 bits per heavy atom. The van der Waals surface area contributed by atoms with E-state index in [9.17, 15) is 0 Å². The third-order valence-electron chi connectivity index (χ3n) is 7.23. The van der Waals surface area contributed by atoms with Gasteiger partial charge in [-0.1, -0.05) is 69.4 Å². The largest absolute Gasteiger partial charge is 0.192 e. The second-order valence-electron chi connectivity index (χ2n) is 9.04. The lowest BCUT2D eigenvalue weighted by Crippen LogP contribution is -2.28. The molecule has 2 aliphatic carbocycles. The van der Waals surface area contributed by atoms with Crippen molar-refractivity contribution in [2.24, 2.45) is 11.8 Å². The molecule has 1 saturated carbocycles. The van der Waals surface area contributed by atoms with Crippen LogP contribution in [-0.2, 0) is 6.42 Å². The average molecular weight is 372 g/mol. The molecule has 146 valence electrons. The average Bonchev–Trinajstić information content (AvgIpc) is 2.76. The molecule has 2 aliphatic rings. The van der Waals surface area contributed by atoms with Gasteiger partial charge in [-0.05, 0) is 84.2 Å². The maximum Gasteiger partial charge on any atom is 0.0991 e. The third-order valence-corrected chi connectivity index (χ3v) is 7.23. The van der Waals surface area contributed by atoms with E-state index in [1.807, 2.05) is 12.1 Å². The maximum atomic E-state index is 9.01. The molecule has 1 heteroatoms. The van der Waals surface area contributed by atoms with Crippen LogP contribution in [-0.4, -0.2) is 0 Å². The number of hydrogen-bond donors (Lipinski definition) is 0. The first-order valence-electron chi connectivity index (χ1n) is 11.4. The number of rotatable bonds is 6. The van der Waals surface area contributed by atoms with Crippen molar-refractivity contribution in [2.45, 2.75) is 77.0 Å².